The molecular formula is C18H20N3O+. The lowest BCUT2D eigenvalue weighted by atomic mass is 9.87. The first-order valence-electron chi connectivity index (χ1n) is 8.18. The fourth-order valence-electron chi connectivity index (χ4n) is 3.79. The molecule has 0 radical (unpaired) electrons. The average molecular weight is 294 g/mol. The molecule has 0 aromatic carbocycles. The summed E-state index contributed by atoms with van der Waals surface area (Å²) in [5, 5.41) is 9.74. The van der Waals surface area contributed by atoms with Crippen molar-refractivity contribution in [3.8, 4) is 17.5 Å². The molecule has 1 N–H and O–H groups in total. The van der Waals surface area contributed by atoms with Gasteiger partial charge in [-0.15, -0.1) is 0 Å². The van der Waals surface area contributed by atoms with Crippen molar-refractivity contribution in [2.45, 2.75) is 38.5 Å². The Morgan fingerprint density at radius 2 is 1.86 bits per heavy atom. The van der Waals surface area contributed by atoms with Gasteiger partial charge in [0.15, 0.2) is 11.5 Å². The van der Waals surface area contributed by atoms with Crippen LogP contribution >= 0.6 is 0 Å². The molecule has 1 aliphatic carbocycles. The van der Waals surface area contributed by atoms with Crippen molar-refractivity contribution in [1.29, 1.82) is 5.26 Å². The van der Waals surface area contributed by atoms with Crippen LogP contribution in [0.1, 0.15) is 42.4 Å². The second kappa shape index (κ2) is 5.49. The fraction of sp³-hybridized carbons (Fsp3) is 0.444. The summed E-state index contributed by atoms with van der Waals surface area (Å²) >= 11 is 0. The number of pyridine rings is 1. The minimum atomic E-state index is 0.854. The van der Waals surface area contributed by atoms with E-state index >= 15 is 0 Å². The van der Waals surface area contributed by atoms with Crippen molar-refractivity contribution >= 4 is 5.82 Å². The molecule has 0 amide bonds. The van der Waals surface area contributed by atoms with Crippen molar-refractivity contribution in [3.63, 3.8) is 0 Å². The van der Waals surface area contributed by atoms with Gasteiger partial charge in [0.1, 0.15) is 11.6 Å². The molecule has 3 heterocycles. The van der Waals surface area contributed by atoms with Crippen molar-refractivity contribution in [1.82, 2.24) is 0 Å². The summed E-state index contributed by atoms with van der Waals surface area (Å²) in [6, 6.07) is 6.39. The summed E-state index contributed by atoms with van der Waals surface area (Å²) in [5.41, 5.74) is 4.44. The molecule has 1 fully saturated rings. The number of nitriles is 1. The SMILES string of the molecule is N#Cc1c(N2CCCC2)[nH+]c(-c2ccco2)c2c1CCCC2. The maximum Gasteiger partial charge on any atom is 0.293 e. The molecule has 4 nitrogen and oxygen atoms in total. The highest BCUT2D eigenvalue weighted by molar-refractivity contribution is 5.65. The number of H-pyrrole nitrogens is 1. The van der Waals surface area contributed by atoms with Gasteiger partial charge < -0.3 is 4.42 Å². The number of anilines is 1. The first-order valence-corrected chi connectivity index (χ1v) is 8.18. The van der Waals surface area contributed by atoms with E-state index in [2.05, 4.69) is 16.0 Å². The van der Waals surface area contributed by atoms with E-state index < -0.39 is 0 Å². The molecule has 0 saturated carbocycles. The monoisotopic (exact) mass is 294 g/mol. The molecule has 0 atom stereocenters. The van der Waals surface area contributed by atoms with E-state index in [-0.39, 0.29) is 0 Å². The molecule has 112 valence electrons. The van der Waals surface area contributed by atoms with E-state index in [1.807, 2.05) is 12.1 Å². The Kier molecular flexibility index (Phi) is 3.34. The zero-order chi connectivity index (χ0) is 14.9. The van der Waals surface area contributed by atoms with Gasteiger partial charge in [-0.3, -0.25) is 4.90 Å². The van der Waals surface area contributed by atoms with E-state index in [9.17, 15) is 5.26 Å². The number of hydrogen-bond donors (Lipinski definition) is 0. The Morgan fingerprint density at radius 1 is 1.09 bits per heavy atom. The van der Waals surface area contributed by atoms with Crippen molar-refractivity contribution in [3.05, 3.63) is 35.1 Å². The lowest BCUT2D eigenvalue weighted by Gasteiger charge is -2.21. The van der Waals surface area contributed by atoms with E-state index in [0.717, 1.165) is 48.8 Å². The Labute approximate surface area is 130 Å². The molecular weight excluding hydrogens is 274 g/mol. The van der Waals surface area contributed by atoms with Gasteiger partial charge in [-0.1, -0.05) is 0 Å². The first-order chi connectivity index (χ1) is 10.9. The van der Waals surface area contributed by atoms with Crippen LogP contribution in [0.3, 0.4) is 0 Å². The van der Waals surface area contributed by atoms with E-state index in [0.29, 0.717) is 0 Å². The van der Waals surface area contributed by atoms with Gasteiger partial charge in [0.2, 0.25) is 0 Å². The van der Waals surface area contributed by atoms with Crippen molar-refractivity contribution < 1.29 is 9.40 Å². The van der Waals surface area contributed by atoms with Crippen LogP contribution in [0.25, 0.3) is 11.5 Å². The number of fused-ring (bicyclic) bond motifs is 1. The van der Waals surface area contributed by atoms with Gasteiger partial charge in [0.25, 0.3) is 5.82 Å². The van der Waals surface area contributed by atoms with Crippen molar-refractivity contribution in [2.24, 2.45) is 0 Å². The van der Waals surface area contributed by atoms with Gasteiger partial charge >= 0.3 is 0 Å². The average Bonchev–Trinajstić information content (AvgIpc) is 3.26. The third-order valence-corrected chi connectivity index (χ3v) is 4.85. The Morgan fingerprint density at radius 3 is 2.55 bits per heavy atom. The summed E-state index contributed by atoms with van der Waals surface area (Å²) in [6.07, 6.45) is 8.49. The van der Waals surface area contributed by atoms with Crippen LogP contribution in [-0.4, -0.2) is 13.1 Å². The van der Waals surface area contributed by atoms with Gasteiger partial charge in [-0.25, -0.2) is 4.98 Å². The second-order valence-corrected chi connectivity index (χ2v) is 6.17. The lowest BCUT2D eigenvalue weighted by molar-refractivity contribution is -0.352. The Bertz CT molecular complexity index is 722. The summed E-state index contributed by atoms with van der Waals surface area (Å²) in [5.74, 6) is 1.87. The van der Waals surface area contributed by atoms with Crippen LogP contribution in [0.15, 0.2) is 22.8 Å². The molecule has 4 rings (SSSR count). The summed E-state index contributed by atoms with van der Waals surface area (Å²) in [7, 11) is 0. The van der Waals surface area contributed by atoms with Crippen LogP contribution < -0.4 is 9.88 Å². The zero-order valence-corrected chi connectivity index (χ0v) is 12.7. The molecule has 1 saturated heterocycles. The maximum atomic E-state index is 9.74. The third kappa shape index (κ3) is 2.09. The van der Waals surface area contributed by atoms with Gasteiger partial charge in [0.05, 0.1) is 19.4 Å². The van der Waals surface area contributed by atoms with Gasteiger partial charge in [-0.05, 0) is 56.2 Å². The standard InChI is InChI=1S/C18H19N3O/c19-12-15-13-6-1-2-7-14(13)17(16-8-5-11-22-16)20-18(15)21-9-3-4-10-21/h5,8,11H,1-4,6-7,9-10H2/p+1. The minimum absolute atomic E-state index is 0.854. The maximum absolute atomic E-state index is 9.74. The quantitative estimate of drug-likeness (QED) is 0.855. The number of furan rings is 1. The van der Waals surface area contributed by atoms with Crippen LogP contribution in [0.4, 0.5) is 5.82 Å². The number of nitrogens with one attached hydrogen (secondary N) is 1. The molecule has 0 unspecified atom stereocenters. The summed E-state index contributed by atoms with van der Waals surface area (Å²) in [4.78, 5) is 5.87. The van der Waals surface area contributed by atoms with E-state index in [1.165, 1.54) is 36.8 Å². The second-order valence-electron chi connectivity index (χ2n) is 6.17. The van der Waals surface area contributed by atoms with E-state index in [1.54, 1.807) is 6.26 Å². The lowest BCUT2D eigenvalue weighted by Crippen LogP contribution is -2.31. The highest BCUT2D eigenvalue weighted by Crippen LogP contribution is 2.34. The van der Waals surface area contributed by atoms with Crippen LogP contribution in [0, 0.1) is 11.3 Å². The summed E-state index contributed by atoms with van der Waals surface area (Å²) in [6.45, 7) is 2.06. The summed E-state index contributed by atoms with van der Waals surface area (Å²) < 4.78 is 5.64. The van der Waals surface area contributed by atoms with Gasteiger partial charge in [0, 0.05) is 5.56 Å². The highest BCUT2D eigenvalue weighted by Gasteiger charge is 2.32. The largest absolute Gasteiger partial charge is 0.461 e. The Hall–Kier alpha value is -2.28. The number of hydrogen-bond acceptors (Lipinski definition) is 3. The smallest absolute Gasteiger partial charge is 0.293 e. The third-order valence-electron chi connectivity index (χ3n) is 4.85. The van der Waals surface area contributed by atoms with Crippen molar-refractivity contribution in [2.75, 3.05) is 18.0 Å². The molecule has 0 spiro atoms. The number of aromatic nitrogens is 1. The molecule has 1 aliphatic heterocycles. The topological polar surface area (TPSA) is 54.3 Å². The Balaban J connectivity index is 1.95. The van der Waals surface area contributed by atoms with Gasteiger partial charge in [-0.2, -0.15) is 5.26 Å². The predicted molar refractivity (Wildman–Crippen MR) is 83.5 cm³/mol. The first kappa shape index (κ1) is 13.4. The molecule has 2 aliphatic rings. The molecule has 0 bridgehead atoms. The van der Waals surface area contributed by atoms with E-state index in [4.69, 9.17) is 4.42 Å². The fourth-order valence-corrected chi connectivity index (χ4v) is 3.79. The molecule has 22 heavy (non-hydrogen) atoms. The van der Waals surface area contributed by atoms with Crippen LogP contribution in [0.2, 0.25) is 0 Å². The minimum Gasteiger partial charge on any atom is -0.461 e. The van der Waals surface area contributed by atoms with Crippen LogP contribution in [0.5, 0.6) is 0 Å². The molecule has 2 aromatic heterocycles. The highest BCUT2D eigenvalue weighted by atomic mass is 16.3. The number of nitrogens with zero attached hydrogens (tertiary/aromatic N) is 2. The van der Waals surface area contributed by atoms with Crippen LogP contribution in [-0.2, 0) is 12.8 Å². The number of aromatic amines is 1. The molecule has 4 heteroatoms. The normalized spacial score (nSPS) is 17.3. The molecule has 2 aromatic rings. The zero-order valence-electron chi connectivity index (χ0n) is 12.7. The number of rotatable bonds is 2. The predicted octanol–water partition coefficient (Wildman–Crippen LogP) is 3.11.